The Bertz CT molecular complexity index is 608. The molecule has 1 heterocycles. The van der Waals surface area contributed by atoms with Crippen LogP contribution in [0, 0.1) is 5.82 Å². The summed E-state index contributed by atoms with van der Waals surface area (Å²) in [5.74, 6) is 0.522. The van der Waals surface area contributed by atoms with Gasteiger partial charge in [-0.15, -0.1) is 0 Å². The van der Waals surface area contributed by atoms with Gasteiger partial charge in [-0.1, -0.05) is 6.07 Å². The van der Waals surface area contributed by atoms with Crippen molar-refractivity contribution in [1.82, 2.24) is 9.97 Å². The lowest BCUT2D eigenvalue weighted by Crippen LogP contribution is -2.13. The number of rotatable bonds is 3. The molecule has 1 amide bonds. The molecule has 1 N–H and O–H groups in total. The fourth-order valence-corrected chi connectivity index (χ4v) is 1.78. The lowest BCUT2D eigenvalue weighted by atomic mass is 10.2. The van der Waals surface area contributed by atoms with E-state index in [1.807, 2.05) is 0 Å². The van der Waals surface area contributed by atoms with E-state index in [1.54, 1.807) is 6.07 Å². The molecule has 1 aromatic heterocycles. The van der Waals surface area contributed by atoms with Crippen LogP contribution >= 0.6 is 0 Å². The minimum Gasteiger partial charge on any atom is -0.322 e. The maximum atomic E-state index is 13.0. The summed E-state index contributed by atoms with van der Waals surface area (Å²) in [6, 6.07) is 5.75. The molecule has 0 bridgehead atoms. The first-order chi connectivity index (χ1) is 9.22. The van der Waals surface area contributed by atoms with Gasteiger partial charge in [0.05, 0.1) is 5.56 Å². The second kappa shape index (κ2) is 4.76. The van der Waals surface area contributed by atoms with Crippen LogP contribution in [-0.4, -0.2) is 15.9 Å². The van der Waals surface area contributed by atoms with E-state index in [0.717, 1.165) is 18.7 Å². The van der Waals surface area contributed by atoms with Crippen molar-refractivity contribution in [1.29, 1.82) is 0 Å². The summed E-state index contributed by atoms with van der Waals surface area (Å²) in [4.78, 5) is 20.3. The van der Waals surface area contributed by atoms with E-state index in [-0.39, 0.29) is 5.91 Å². The van der Waals surface area contributed by atoms with Crippen molar-refractivity contribution in [2.75, 3.05) is 5.32 Å². The van der Waals surface area contributed by atoms with Crippen LogP contribution in [0.15, 0.2) is 36.7 Å². The van der Waals surface area contributed by atoms with E-state index in [1.165, 1.54) is 30.6 Å². The number of anilines is 1. The van der Waals surface area contributed by atoms with Crippen molar-refractivity contribution in [3.8, 4) is 0 Å². The van der Waals surface area contributed by atoms with E-state index in [2.05, 4.69) is 15.3 Å². The van der Waals surface area contributed by atoms with Crippen molar-refractivity contribution in [3.05, 3.63) is 53.9 Å². The lowest BCUT2D eigenvalue weighted by Gasteiger charge is -2.05. The summed E-state index contributed by atoms with van der Waals surface area (Å²) >= 11 is 0. The fraction of sp³-hybridized carbons (Fsp3) is 0.214. The Kier molecular flexibility index (Phi) is 2.95. The second-order valence-electron chi connectivity index (χ2n) is 4.57. The molecule has 0 radical (unpaired) electrons. The fourth-order valence-electron chi connectivity index (χ4n) is 1.78. The van der Waals surface area contributed by atoms with Gasteiger partial charge in [-0.3, -0.25) is 4.79 Å². The normalized spacial score (nSPS) is 14.2. The van der Waals surface area contributed by atoms with Crippen molar-refractivity contribution < 1.29 is 9.18 Å². The average molecular weight is 257 g/mol. The van der Waals surface area contributed by atoms with Gasteiger partial charge in [0, 0.05) is 24.0 Å². The van der Waals surface area contributed by atoms with E-state index in [9.17, 15) is 9.18 Å². The highest BCUT2D eigenvalue weighted by atomic mass is 19.1. The van der Waals surface area contributed by atoms with Gasteiger partial charge in [0.25, 0.3) is 5.91 Å². The number of halogens is 1. The molecule has 0 unspecified atom stereocenters. The largest absolute Gasteiger partial charge is 0.322 e. The maximum Gasteiger partial charge on any atom is 0.258 e. The zero-order valence-corrected chi connectivity index (χ0v) is 10.1. The molecule has 4 nitrogen and oxygen atoms in total. The molecule has 1 saturated carbocycles. The molecule has 5 heteroatoms. The van der Waals surface area contributed by atoms with Crippen LogP contribution in [0.1, 0.15) is 34.9 Å². The van der Waals surface area contributed by atoms with Gasteiger partial charge in [-0.05, 0) is 31.0 Å². The van der Waals surface area contributed by atoms with Crippen molar-refractivity contribution >= 4 is 11.6 Å². The van der Waals surface area contributed by atoms with Gasteiger partial charge in [-0.25, -0.2) is 14.4 Å². The van der Waals surface area contributed by atoms with Crippen LogP contribution in [0.3, 0.4) is 0 Å². The standard InChI is InChI=1S/C14H12FN3O/c15-11-2-1-3-12(6-11)18-14(19)10-7-16-13(17-8-10)9-4-5-9/h1-3,6-9H,4-5H2,(H,18,19). The monoisotopic (exact) mass is 257 g/mol. The minimum atomic E-state index is -0.391. The second-order valence-corrected chi connectivity index (χ2v) is 4.57. The number of hydrogen-bond acceptors (Lipinski definition) is 3. The Morgan fingerprint density at radius 2 is 2.00 bits per heavy atom. The Labute approximate surface area is 109 Å². The summed E-state index contributed by atoms with van der Waals surface area (Å²) < 4.78 is 13.0. The van der Waals surface area contributed by atoms with Gasteiger partial charge in [0.15, 0.2) is 0 Å². The first-order valence-electron chi connectivity index (χ1n) is 6.11. The molecule has 1 fully saturated rings. The molecule has 1 aromatic carbocycles. The molecule has 0 aliphatic heterocycles. The van der Waals surface area contributed by atoms with Gasteiger partial charge >= 0.3 is 0 Å². The molecule has 1 aliphatic carbocycles. The number of aromatic nitrogens is 2. The first-order valence-corrected chi connectivity index (χ1v) is 6.11. The van der Waals surface area contributed by atoms with Gasteiger partial charge in [0.1, 0.15) is 11.6 Å². The number of benzene rings is 1. The van der Waals surface area contributed by atoms with E-state index in [0.29, 0.717) is 17.2 Å². The Morgan fingerprint density at radius 1 is 1.26 bits per heavy atom. The first kappa shape index (κ1) is 11.8. The Balaban J connectivity index is 1.72. The number of nitrogens with zero attached hydrogens (tertiary/aromatic N) is 2. The highest BCUT2D eigenvalue weighted by molar-refractivity contribution is 6.03. The summed E-state index contributed by atoms with van der Waals surface area (Å²) in [5, 5.41) is 2.60. The number of carbonyl (C=O) groups is 1. The highest BCUT2D eigenvalue weighted by Crippen LogP contribution is 2.37. The summed E-state index contributed by atoms with van der Waals surface area (Å²) in [6.45, 7) is 0. The van der Waals surface area contributed by atoms with Crippen LogP contribution in [0.2, 0.25) is 0 Å². The molecule has 0 atom stereocenters. The van der Waals surface area contributed by atoms with Crippen LogP contribution in [0.5, 0.6) is 0 Å². The molecule has 0 spiro atoms. The summed E-state index contributed by atoms with van der Waals surface area (Å²) in [7, 11) is 0. The predicted octanol–water partition coefficient (Wildman–Crippen LogP) is 2.75. The third-order valence-electron chi connectivity index (χ3n) is 2.96. The molecular formula is C14H12FN3O. The SMILES string of the molecule is O=C(Nc1cccc(F)c1)c1cnc(C2CC2)nc1. The highest BCUT2D eigenvalue weighted by Gasteiger charge is 2.26. The Morgan fingerprint density at radius 3 is 2.63 bits per heavy atom. The van der Waals surface area contributed by atoms with E-state index < -0.39 is 5.82 Å². The molecule has 19 heavy (non-hydrogen) atoms. The summed E-state index contributed by atoms with van der Waals surface area (Å²) in [6.07, 6.45) is 5.26. The third-order valence-corrected chi connectivity index (χ3v) is 2.96. The average Bonchev–Trinajstić information content (AvgIpc) is 3.23. The molecule has 1 aliphatic rings. The zero-order valence-electron chi connectivity index (χ0n) is 10.1. The molecule has 0 saturated heterocycles. The number of hydrogen-bond donors (Lipinski definition) is 1. The van der Waals surface area contributed by atoms with Crippen molar-refractivity contribution in [2.24, 2.45) is 0 Å². The van der Waals surface area contributed by atoms with E-state index >= 15 is 0 Å². The Hall–Kier alpha value is -2.30. The van der Waals surface area contributed by atoms with Gasteiger partial charge in [0.2, 0.25) is 0 Å². The topological polar surface area (TPSA) is 54.9 Å². The quantitative estimate of drug-likeness (QED) is 0.919. The maximum absolute atomic E-state index is 13.0. The molecule has 3 rings (SSSR count). The molecular weight excluding hydrogens is 245 g/mol. The lowest BCUT2D eigenvalue weighted by molar-refractivity contribution is 0.102. The third kappa shape index (κ3) is 2.76. The van der Waals surface area contributed by atoms with Crippen LogP contribution in [-0.2, 0) is 0 Å². The number of amides is 1. The number of carbonyl (C=O) groups excluding carboxylic acids is 1. The van der Waals surface area contributed by atoms with Crippen LogP contribution in [0.25, 0.3) is 0 Å². The predicted molar refractivity (Wildman–Crippen MR) is 68.4 cm³/mol. The zero-order chi connectivity index (χ0) is 13.2. The van der Waals surface area contributed by atoms with Gasteiger partial charge in [-0.2, -0.15) is 0 Å². The van der Waals surface area contributed by atoms with E-state index in [4.69, 9.17) is 0 Å². The van der Waals surface area contributed by atoms with Gasteiger partial charge < -0.3 is 5.32 Å². The summed E-state index contributed by atoms with van der Waals surface area (Å²) in [5.41, 5.74) is 0.782. The molecule has 2 aromatic rings. The smallest absolute Gasteiger partial charge is 0.258 e. The van der Waals surface area contributed by atoms with Crippen molar-refractivity contribution in [2.45, 2.75) is 18.8 Å². The number of nitrogens with one attached hydrogen (secondary N) is 1. The van der Waals surface area contributed by atoms with Crippen LogP contribution < -0.4 is 5.32 Å². The van der Waals surface area contributed by atoms with Crippen LogP contribution in [0.4, 0.5) is 10.1 Å². The minimum absolute atomic E-state index is 0.340. The van der Waals surface area contributed by atoms with Crippen molar-refractivity contribution in [3.63, 3.8) is 0 Å². The molecule has 96 valence electrons.